The van der Waals surface area contributed by atoms with E-state index in [2.05, 4.69) is 13.8 Å². The highest BCUT2D eigenvalue weighted by atomic mass is 35.5. The van der Waals surface area contributed by atoms with Gasteiger partial charge in [0, 0.05) is 10.4 Å². The quantitative estimate of drug-likeness (QED) is 0.628. The third-order valence-electron chi connectivity index (χ3n) is 4.37. The van der Waals surface area contributed by atoms with Gasteiger partial charge < -0.3 is 0 Å². The standard InChI is InChI=1S/C16H21Cl2F/c1-10(2)11-4-6-15(18)13(7-11)8-12-3-5-14(17)9-16(12)19/h3,5,9-11,13,15H,4,6-8H2,1-2H3. The van der Waals surface area contributed by atoms with Gasteiger partial charge in [0.2, 0.25) is 0 Å². The van der Waals surface area contributed by atoms with Gasteiger partial charge in [0.05, 0.1) is 0 Å². The molecule has 1 aromatic rings. The van der Waals surface area contributed by atoms with Crippen LogP contribution in [0, 0.1) is 23.6 Å². The molecule has 1 aliphatic carbocycles. The first kappa shape index (κ1) is 15.1. The molecule has 0 radical (unpaired) electrons. The highest BCUT2D eigenvalue weighted by Gasteiger charge is 2.31. The van der Waals surface area contributed by atoms with E-state index in [4.69, 9.17) is 23.2 Å². The molecule has 0 N–H and O–H groups in total. The highest BCUT2D eigenvalue weighted by molar-refractivity contribution is 6.30. The maximum Gasteiger partial charge on any atom is 0.127 e. The Morgan fingerprint density at radius 3 is 2.68 bits per heavy atom. The van der Waals surface area contributed by atoms with Gasteiger partial charge in [-0.05, 0) is 61.1 Å². The van der Waals surface area contributed by atoms with E-state index in [1.54, 1.807) is 12.1 Å². The normalized spacial score (nSPS) is 27.8. The molecule has 0 aliphatic heterocycles. The predicted molar refractivity (Wildman–Crippen MR) is 80.4 cm³/mol. The molecule has 106 valence electrons. The minimum atomic E-state index is -0.206. The van der Waals surface area contributed by atoms with Crippen molar-refractivity contribution in [3.8, 4) is 0 Å². The smallest absolute Gasteiger partial charge is 0.127 e. The summed E-state index contributed by atoms with van der Waals surface area (Å²) in [6.07, 6.45) is 4.07. The van der Waals surface area contributed by atoms with Gasteiger partial charge in [-0.3, -0.25) is 0 Å². The lowest BCUT2D eigenvalue weighted by Gasteiger charge is -2.35. The highest BCUT2D eigenvalue weighted by Crippen LogP contribution is 2.38. The van der Waals surface area contributed by atoms with Crippen molar-refractivity contribution in [2.24, 2.45) is 17.8 Å². The molecule has 3 atom stereocenters. The Hall–Kier alpha value is -0.270. The van der Waals surface area contributed by atoms with Crippen LogP contribution in [-0.4, -0.2) is 5.38 Å². The van der Waals surface area contributed by atoms with Crippen LogP contribution in [0.25, 0.3) is 0 Å². The largest absolute Gasteiger partial charge is 0.207 e. The van der Waals surface area contributed by atoms with E-state index in [9.17, 15) is 4.39 Å². The molecule has 19 heavy (non-hydrogen) atoms. The van der Waals surface area contributed by atoms with Gasteiger partial charge in [0.1, 0.15) is 5.82 Å². The molecule has 0 amide bonds. The lowest BCUT2D eigenvalue weighted by molar-refractivity contribution is 0.217. The fraction of sp³-hybridized carbons (Fsp3) is 0.625. The molecule has 1 aliphatic rings. The zero-order valence-corrected chi connectivity index (χ0v) is 13.0. The lowest BCUT2D eigenvalue weighted by Crippen LogP contribution is -2.29. The number of hydrogen-bond acceptors (Lipinski definition) is 0. The average Bonchev–Trinajstić information content (AvgIpc) is 2.34. The Morgan fingerprint density at radius 2 is 2.05 bits per heavy atom. The molecule has 3 unspecified atom stereocenters. The van der Waals surface area contributed by atoms with Crippen LogP contribution in [0.3, 0.4) is 0 Å². The van der Waals surface area contributed by atoms with Crippen molar-refractivity contribution in [2.75, 3.05) is 0 Å². The number of halogens is 3. The summed E-state index contributed by atoms with van der Waals surface area (Å²) in [5.41, 5.74) is 0.740. The van der Waals surface area contributed by atoms with Crippen molar-refractivity contribution >= 4 is 23.2 Å². The second-order valence-electron chi connectivity index (χ2n) is 6.03. The third kappa shape index (κ3) is 3.86. The van der Waals surface area contributed by atoms with Crippen LogP contribution < -0.4 is 0 Å². The molecule has 1 fully saturated rings. The minimum Gasteiger partial charge on any atom is -0.207 e. The first-order valence-electron chi connectivity index (χ1n) is 7.05. The topological polar surface area (TPSA) is 0 Å². The van der Waals surface area contributed by atoms with Crippen molar-refractivity contribution in [3.63, 3.8) is 0 Å². The SMILES string of the molecule is CC(C)C1CCC(Cl)C(Cc2ccc(Cl)cc2F)C1. The van der Waals surface area contributed by atoms with Crippen molar-refractivity contribution in [1.29, 1.82) is 0 Å². The summed E-state index contributed by atoms with van der Waals surface area (Å²) in [5.74, 6) is 1.57. The fourth-order valence-electron chi connectivity index (χ4n) is 3.05. The second kappa shape index (κ2) is 6.45. The predicted octanol–water partition coefficient (Wildman–Crippen LogP) is 5.70. The molecule has 0 bridgehead atoms. The van der Waals surface area contributed by atoms with Crippen LogP contribution in [-0.2, 0) is 6.42 Å². The van der Waals surface area contributed by atoms with Gasteiger partial charge in [-0.25, -0.2) is 4.39 Å². The van der Waals surface area contributed by atoms with E-state index in [0.29, 0.717) is 16.9 Å². The number of benzene rings is 1. The van der Waals surface area contributed by atoms with Crippen LogP contribution in [0.15, 0.2) is 18.2 Å². The van der Waals surface area contributed by atoms with E-state index in [0.717, 1.165) is 30.7 Å². The molecule has 1 aromatic carbocycles. The van der Waals surface area contributed by atoms with Gasteiger partial charge in [0.15, 0.2) is 0 Å². The molecule has 0 aromatic heterocycles. The number of rotatable bonds is 3. The molecule has 2 rings (SSSR count). The number of hydrogen-bond donors (Lipinski definition) is 0. The summed E-state index contributed by atoms with van der Waals surface area (Å²) in [6, 6.07) is 4.94. The summed E-state index contributed by atoms with van der Waals surface area (Å²) < 4.78 is 13.9. The molecule has 0 heterocycles. The Kier molecular flexibility index (Phi) is 5.14. The van der Waals surface area contributed by atoms with Crippen LogP contribution in [0.1, 0.15) is 38.7 Å². The maximum absolute atomic E-state index is 13.9. The van der Waals surface area contributed by atoms with Gasteiger partial charge >= 0.3 is 0 Å². The van der Waals surface area contributed by atoms with E-state index >= 15 is 0 Å². The first-order chi connectivity index (χ1) is 8.97. The van der Waals surface area contributed by atoms with Crippen LogP contribution in [0.5, 0.6) is 0 Å². The van der Waals surface area contributed by atoms with E-state index < -0.39 is 0 Å². The van der Waals surface area contributed by atoms with Crippen molar-refractivity contribution in [1.82, 2.24) is 0 Å². The Bertz CT molecular complexity index is 431. The summed E-state index contributed by atoms with van der Waals surface area (Å²) in [6.45, 7) is 4.53. The van der Waals surface area contributed by atoms with Crippen LogP contribution >= 0.6 is 23.2 Å². The summed E-state index contributed by atoms with van der Waals surface area (Å²) >= 11 is 12.2. The first-order valence-corrected chi connectivity index (χ1v) is 7.86. The molecule has 0 saturated heterocycles. The molecule has 1 saturated carbocycles. The summed E-state index contributed by atoms with van der Waals surface area (Å²) in [4.78, 5) is 0. The van der Waals surface area contributed by atoms with Gasteiger partial charge in [-0.15, -0.1) is 11.6 Å². The molecule has 0 nitrogen and oxygen atoms in total. The van der Waals surface area contributed by atoms with Gasteiger partial charge in [-0.1, -0.05) is 31.5 Å². The monoisotopic (exact) mass is 302 g/mol. The van der Waals surface area contributed by atoms with Crippen LogP contribution in [0.4, 0.5) is 4.39 Å². The summed E-state index contributed by atoms with van der Waals surface area (Å²) in [7, 11) is 0. The Balaban J connectivity index is 2.07. The zero-order chi connectivity index (χ0) is 14.0. The van der Waals surface area contributed by atoms with E-state index in [1.807, 2.05) is 0 Å². The Morgan fingerprint density at radius 1 is 1.32 bits per heavy atom. The third-order valence-corrected chi connectivity index (χ3v) is 5.18. The van der Waals surface area contributed by atoms with Crippen molar-refractivity contribution < 1.29 is 4.39 Å². The summed E-state index contributed by atoms with van der Waals surface area (Å²) in [5, 5.41) is 0.623. The molecule has 0 spiro atoms. The maximum atomic E-state index is 13.9. The minimum absolute atomic E-state index is 0.171. The fourth-order valence-corrected chi connectivity index (χ4v) is 3.53. The lowest BCUT2D eigenvalue weighted by atomic mass is 9.74. The van der Waals surface area contributed by atoms with Crippen molar-refractivity contribution in [2.45, 2.75) is 44.9 Å². The molecular formula is C16H21Cl2F. The molecule has 3 heteroatoms. The van der Waals surface area contributed by atoms with E-state index in [1.165, 1.54) is 12.5 Å². The molecular weight excluding hydrogens is 282 g/mol. The van der Waals surface area contributed by atoms with Crippen LogP contribution in [0.2, 0.25) is 5.02 Å². The van der Waals surface area contributed by atoms with Gasteiger partial charge in [-0.2, -0.15) is 0 Å². The zero-order valence-electron chi connectivity index (χ0n) is 11.5. The second-order valence-corrected chi connectivity index (χ2v) is 7.03. The Labute approximate surface area is 125 Å². The van der Waals surface area contributed by atoms with Crippen molar-refractivity contribution in [3.05, 3.63) is 34.6 Å². The number of alkyl halides is 1. The van der Waals surface area contributed by atoms with E-state index in [-0.39, 0.29) is 11.2 Å². The van der Waals surface area contributed by atoms with Gasteiger partial charge in [0.25, 0.3) is 0 Å². The average molecular weight is 303 g/mol.